The number of hydrogen-bond donors (Lipinski definition) is 2. The Morgan fingerprint density at radius 3 is 2.94 bits per heavy atom. The molecule has 0 aliphatic heterocycles. The number of alkyl halides is 1. The van der Waals surface area contributed by atoms with E-state index in [-0.39, 0.29) is 0 Å². The molecule has 4 heteroatoms. The van der Waals surface area contributed by atoms with Gasteiger partial charge in [0.05, 0.1) is 23.1 Å². The number of rotatable bonds is 4. The first-order valence-corrected chi connectivity index (χ1v) is 5.79. The number of nitrogens with two attached hydrogens (primary N) is 1. The smallest absolute Gasteiger partial charge is 0.0743 e. The van der Waals surface area contributed by atoms with Gasteiger partial charge in [0, 0.05) is 17.8 Å². The molecule has 16 heavy (non-hydrogen) atoms. The lowest BCUT2D eigenvalue weighted by molar-refractivity contribution is 0.989. The van der Waals surface area contributed by atoms with E-state index >= 15 is 0 Å². The van der Waals surface area contributed by atoms with Gasteiger partial charge in [-0.05, 0) is 12.5 Å². The van der Waals surface area contributed by atoms with Gasteiger partial charge in [-0.15, -0.1) is 11.6 Å². The number of aromatic nitrogens is 1. The van der Waals surface area contributed by atoms with Gasteiger partial charge in [0.25, 0.3) is 0 Å². The van der Waals surface area contributed by atoms with Crippen LogP contribution in [0, 0.1) is 0 Å². The second-order valence-corrected chi connectivity index (χ2v) is 3.95. The summed E-state index contributed by atoms with van der Waals surface area (Å²) in [5.41, 5.74) is 8.49. The molecule has 3 nitrogen and oxygen atoms in total. The highest BCUT2D eigenvalue weighted by molar-refractivity contribution is 6.17. The number of benzene rings is 1. The quantitative estimate of drug-likeness (QED) is 0.633. The predicted octanol–water partition coefficient (Wildman–Crippen LogP) is 2.86. The number of nitrogen functional groups attached to an aromatic ring is 1. The first-order valence-electron chi connectivity index (χ1n) is 5.26. The molecule has 0 saturated heterocycles. The van der Waals surface area contributed by atoms with Crippen LogP contribution in [0.5, 0.6) is 0 Å². The summed E-state index contributed by atoms with van der Waals surface area (Å²) in [7, 11) is 0. The normalized spacial score (nSPS) is 10.6. The fourth-order valence-corrected chi connectivity index (χ4v) is 1.77. The van der Waals surface area contributed by atoms with Gasteiger partial charge in [-0.1, -0.05) is 18.2 Å². The number of pyridine rings is 1. The van der Waals surface area contributed by atoms with Crippen molar-refractivity contribution in [1.29, 1.82) is 0 Å². The zero-order chi connectivity index (χ0) is 11.4. The Bertz CT molecular complexity index is 485. The SMILES string of the molecule is Nc1cnc2ccccc2c1NCCCCl. The van der Waals surface area contributed by atoms with Gasteiger partial charge in [-0.3, -0.25) is 4.98 Å². The van der Waals surface area contributed by atoms with Crippen LogP contribution in [0.1, 0.15) is 6.42 Å². The van der Waals surface area contributed by atoms with E-state index in [0.29, 0.717) is 11.6 Å². The molecule has 0 saturated carbocycles. The number of halogens is 1. The Morgan fingerprint density at radius 1 is 1.31 bits per heavy atom. The van der Waals surface area contributed by atoms with E-state index in [0.717, 1.165) is 29.6 Å². The lowest BCUT2D eigenvalue weighted by Gasteiger charge is -2.11. The molecule has 1 aromatic carbocycles. The molecule has 1 heterocycles. The molecule has 2 aromatic rings. The van der Waals surface area contributed by atoms with Crippen LogP contribution in [-0.4, -0.2) is 17.4 Å². The van der Waals surface area contributed by atoms with Gasteiger partial charge in [0.15, 0.2) is 0 Å². The van der Waals surface area contributed by atoms with E-state index in [1.54, 1.807) is 6.20 Å². The van der Waals surface area contributed by atoms with Gasteiger partial charge in [-0.2, -0.15) is 0 Å². The molecule has 0 radical (unpaired) electrons. The number of nitrogens with one attached hydrogen (secondary N) is 1. The first-order chi connectivity index (χ1) is 7.83. The van der Waals surface area contributed by atoms with Gasteiger partial charge >= 0.3 is 0 Å². The fraction of sp³-hybridized carbons (Fsp3) is 0.250. The first kappa shape index (κ1) is 11.0. The van der Waals surface area contributed by atoms with Crippen molar-refractivity contribution in [2.24, 2.45) is 0 Å². The minimum absolute atomic E-state index is 0.649. The number of fused-ring (bicyclic) bond motifs is 1. The van der Waals surface area contributed by atoms with Crippen LogP contribution in [0.3, 0.4) is 0 Å². The third kappa shape index (κ3) is 2.19. The Labute approximate surface area is 99.6 Å². The van der Waals surface area contributed by atoms with Crippen LogP contribution in [0.15, 0.2) is 30.5 Å². The van der Waals surface area contributed by atoms with E-state index in [1.165, 1.54) is 0 Å². The lowest BCUT2D eigenvalue weighted by atomic mass is 10.1. The molecule has 0 fully saturated rings. The summed E-state index contributed by atoms with van der Waals surface area (Å²) >= 11 is 5.64. The van der Waals surface area contributed by atoms with Crippen molar-refractivity contribution in [2.75, 3.05) is 23.5 Å². The lowest BCUT2D eigenvalue weighted by Crippen LogP contribution is -2.05. The number of hydrogen-bond acceptors (Lipinski definition) is 3. The van der Waals surface area contributed by atoms with Crippen LogP contribution < -0.4 is 11.1 Å². The Hall–Kier alpha value is -1.48. The van der Waals surface area contributed by atoms with Crippen LogP contribution in [0.2, 0.25) is 0 Å². The Morgan fingerprint density at radius 2 is 2.12 bits per heavy atom. The van der Waals surface area contributed by atoms with Crippen molar-refractivity contribution >= 4 is 33.9 Å². The average Bonchev–Trinajstić information content (AvgIpc) is 2.32. The second-order valence-electron chi connectivity index (χ2n) is 3.58. The second kappa shape index (κ2) is 5.03. The van der Waals surface area contributed by atoms with Crippen molar-refractivity contribution in [3.8, 4) is 0 Å². The highest BCUT2D eigenvalue weighted by Crippen LogP contribution is 2.27. The maximum Gasteiger partial charge on any atom is 0.0743 e. The summed E-state index contributed by atoms with van der Waals surface area (Å²) < 4.78 is 0. The van der Waals surface area contributed by atoms with Crippen LogP contribution in [0.4, 0.5) is 11.4 Å². The molecule has 2 rings (SSSR count). The molecular formula is C12H14ClN3. The highest BCUT2D eigenvalue weighted by Gasteiger charge is 2.04. The van der Waals surface area contributed by atoms with E-state index < -0.39 is 0 Å². The summed E-state index contributed by atoms with van der Waals surface area (Å²) in [6.45, 7) is 0.821. The monoisotopic (exact) mass is 235 g/mol. The van der Waals surface area contributed by atoms with E-state index in [1.807, 2.05) is 24.3 Å². The molecule has 3 N–H and O–H groups in total. The van der Waals surface area contributed by atoms with Gasteiger partial charge in [0.2, 0.25) is 0 Å². The number of anilines is 2. The van der Waals surface area contributed by atoms with Gasteiger partial charge in [-0.25, -0.2) is 0 Å². The molecule has 1 aromatic heterocycles. The molecule has 0 aliphatic rings. The predicted molar refractivity (Wildman–Crippen MR) is 70.0 cm³/mol. The highest BCUT2D eigenvalue weighted by atomic mass is 35.5. The zero-order valence-electron chi connectivity index (χ0n) is 8.91. The number of para-hydroxylation sites is 1. The maximum atomic E-state index is 5.91. The van der Waals surface area contributed by atoms with Gasteiger partial charge in [0.1, 0.15) is 0 Å². The molecule has 0 atom stereocenters. The summed E-state index contributed by atoms with van der Waals surface area (Å²) in [6, 6.07) is 7.94. The topological polar surface area (TPSA) is 50.9 Å². The van der Waals surface area contributed by atoms with Crippen molar-refractivity contribution in [3.05, 3.63) is 30.5 Å². The standard InChI is InChI=1S/C12H14ClN3/c13-6-3-7-15-12-9-4-1-2-5-11(9)16-8-10(12)14/h1-2,4-5,8H,3,6-7,14H2,(H,15,16). The maximum absolute atomic E-state index is 5.91. The Balaban J connectivity index is 2.37. The number of nitrogens with zero attached hydrogens (tertiary/aromatic N) is 1. The van der Waals surface area contributed by atoms with Crippen molar-refractivity contribution in [3.63, 3.8) is 0 Å². The zero-order valence-corrected chi connectivity index (χ0v) is 9.67. The van der Waals surface area contributed by atoms with E-state index in [9.17, 15) is 0 Å². The molecular weight excluding hydrogens is 222 g/mol. The van der Waals surface area contributed by atoms with Gasteiger partial charge < -0.3 is 11.1 Å². The minimum atomic E-state index is 0.649. The van der Waals surface area contributed by atoms with E-state index in [4.69, 9.17) is 17.3 Å². The summed E-state index contributed by atoms with van der Waals surface area (Å²) in [5.74, 6) is 0.649. The average molecular weight is 236 g/mol. The summed E-state index contributed by atoms with van der Waals surface area (Å²) in [5, 5.41) is 4.36. The Kier molecular flexibility index (Phi) is 3.47. The van der Waals surface area contributed by atoms with Crippen LogP contribution in [-0.2, 0) is 0 Å². The van der Waals surface area contributed by atoms with Crippen molar-refractivity contribution in [1.82, 2.24) is 4.98 Å². The summed E-state index contributed by atoms with van der Waals surface area (Å²) in [4.78, 5) is 4.28. The van der Waals surface area contributed by atoms with E-state index in [2.05, 4.69) is 10.3 Å². The molecule has 0 spiro atoms. The van der Waals surface area contributed by atoms with Crippen LogP contribution in [0.25, 0.3) is 10.9 Å². The largest absolute Gasteiger partial charge is 0.396 e. The third-order valence-corrected chi connectivity index (χ3v) is 2.68. The summed E-state index contributed by atoms with van der Waals surface area (Å²) in [6.07, 6.45) is 2.60. The third-order valence-electron chi connectivity index (χ3n) is 2.42. The van der Waals surface area contributed by atoms with Crippen molar-refractivity contribution < 1.29 is 0 Å². The molecule has 0 unspecified atom stereocenters. The van der Waals surface area contributed by atoms with Crippen LogP contribution >= 0.6 is 11.6 Å². The molecule has 84 valence electrons. The fourth-order valence-electron chi connectivity index (χ4n) is 1.63. The molecule has 0 amide bonds. The molecule has 0 aliphatic carbocycles. The molecule has 0 bridgehead atoms. The van der Waals surface area contributed by atoms with Crippen molar-refractivity contribution in [2.45, 2.75) is 6.42 Å². The minimum Gasteiger partial charge on any atom is -0.396 e.